The van der Waals surface area contributed by atoms with Gasteiger partial charge in [-0.15, -0.1) is 0 Å². The maximum Gasteiger partial charge on any atom is 0.224 e. The molecule has 5 heteroatoms. The first-order valence-electron chi connectivity index (χ1n) is 5.91. The fraction of sp³-hybridized carbons (Fsp3) is 0.385. The van der Waals surface area contributed by atoms with Crippen LogP contribution in [0.5, 0.6) is 0 Å². The zero-order valence-corrected chi connectivity index (χ0v) is 11.1. The van der Waals surface area contributed by atoms with E-state index in [0.29, 0.717) is 11.7 Å². The van der Waals surface area contributed by atoms with Crippen molar-refractivity contribution in [3.05, 3.63) is 29.5 Å². The summed E-state index contributed by atoms with van der Waals surface area (Å²) >= 11 is 5.91. The molecule has 96 valence electrons. The number of rotatable bonds is 4. The molecule has 2 N–H and O–H groups in total. The second kappa shape index (κ2) is 5.50. The van der Waals surface area contributed by atoms with Gasteiger partial charge in [0.25, 0.3) is 0 Å². The molecule has 0 saturated carbocycles. The number of fused-ring (bicyclic) bond motifs is 1. The second-order valence-corrected chi connectivity index (χ2v) is 4.87. The Morgan fingerprint density at radius 2 is 2.00 bits per heavy atom. The Balaban J connectivity index is 2.43. The third-order valence-corrected chi connectivity index (χ3v) is 3.07. The lowest BCUT2D eigenvalue weighted by atomic mass is 10.1. The predicted octanol–water partition coefficient (Wildman–Crippen LogP) is 2.71. The van der Waals surface area contributed by atoms with Gasteiger partial charge in [0.1, 0.15) is 5.82 Å². The van der Waals surface area contributed by atoms with Crippen molar-refractivity contribution in [1.29, 1.82) is 0 Å². The molecular formula is C13H16ClN3O. The number of benzene rings is 1. The lowest BCUT2D eigenvalue weighted by molar-refractivity contribution is 0.249. The minimum Gasteiger partial charge on any atom is -0.394 e. The van der Waals surface area contributed by atoms with Gasteiger partial charge in [-0.2, -0.15) is 0 Å². The average Bonchev–Trinajstić information content (AvgIpc) is 2.35. The number of aromatic nitrogens is 2. The van der Waals surface area contributed by atoms with Crippen LogP contribution in [0, 0.1) is 5.92 Å². The van der Waals surface area contributed by atoms with Crippen LogP contribution in [0.25, 0.3) is 10.9 Å². The minimum atomic E-state index is -0.0561. The van der Waals surface area contributed by atoms with Crippen LogP contribution >= 0.6 is 11.6 Å². The van der Waals surface area contributed by atoms with Crippen LogP contribution in [0.3, 0.4) is 0 Å². The van der Waals surface area contributed by atoms with Gasteiger partial charge >= 0.3 is 0 Å². The van der Waals surface area contributed by atoms with Crippen molar-refractivity contribution in [2.24, 2.45) is 5.92 Å². The Kier molecular flexibility index (Phi) is 3.99. The number of aliphatic hydroxyl groups is 1. The normalized spacial score (nSPS) is 12.9. The summed E-state index contributed by atoms with van der Waals surface area (Å²) in [7, 11) is 0. The molecule has 0 bridgehead atoms. The van der Waals surface area contributed by atoms with Crippen LogP contribution in [0.4, 0.5) is 5.82 Å². The van der Waals surface area contributed by atoms with Crippen molar-refractivity contribution in [2.75, 3.05) is 11.9 Å². The van der Waals surface area contributed by atoms with Gasteiger partial charge in [0, 0.05) is 5.39 Å². The molecule has 0 spiro atoms. The Bertz CT molecular complexity index is 545. The van der Waals surface area contributed by atoms with Gasteiger partial charge in [0.15, 0.2) is 0 Å². The lowest BCUT2D eigenvalue weighted by Gasteiger charge is -2.21. The van der Waals surface area contributed by atoms with Crippen molar-refractivity contribution in [3.8, 4) is 0 Å². The smallest absolute Gasteiger partial charge is 0.224 e. The van der Waals surface area contributed by atoms with E-state index in [2.05, 4.69) is 15.3 Å². The van der Waals surface area contributed by atoms with Gasteiger partial charge in [-0.1, -0.05) is 26.0 Å². The van der Waals surface area contributed by atoms with E-state index in [1.165, 1.54) is 0 Å². The number of hydrogen-bond donors (Lipinski definition) is 2. The zero-order valence-electron chi connectivity index (χ0n) is 10.4. The Morgan fingerprint density at radius 1 is 1.28 bits per heavy atom. The van der Waals surface area contributed by atoms with Gasteiger partial charge in [-0.3, -0.25) is 0 Å². The van der Waals surface area contributed by atoms with Crippen LogP contribution in [0.2, 0.25) is 5.28 Å². The van der Waals surface area contributed by atoms with Crippen molar-refractivity contribution in [2.45, 2.75) is 19.9 Å². The van der Waals surface area contributed by atoms with Crippen LogP contribution in [-0.4, -0.2) is 27.7 Å². The van der Waals surface area contributed by atoms with E-state index in [1.54, 1.807) is 0 Å². The Hall–Kier alpha value is -1.39. The summed E-state index contributed by atoms with van der Waals surface area (Å²) in [5.74, 6) is 0.959. The molecule has 0 aliphatic carbocycles. The first-order valence-corrected chi connectivity index (χ1v) is 6.29. The number of nitrogens with one attached hydrogen (secondary N) is 1. The SMILES string of the molecule is CC(C)[C@@H](CO)Nc1nc(Cl)nc2ccccc12. The average molecular weight is 266 g/mol. The van der Waals surface area contributed by atoms with E-state index in [4.69, 9.17) is 11.6 Å². The topological polar surface area (TPSA) is 58.0 Å². The molecule has 0 fully saturated rings. The van der Waals surface area contributed by atoms with Gasteiger partial charge in [-0.05, 0) is 29.7 Å². The van der Waals surface area contributed by atoms with Crippen molar-refractivity contribution < 1.29 is 5.11 Å². The molecule has 0 aliphatic rings. The van der Waals surface area contributed by atoms with E-state index >= 15 is 0 Å². The van der Waals surface area contributed by atoms with Gasteiger partial charge in [0.05, 0.1) is 18.2 Å². The number of para-hydroxylation sites is 1. The Labute approximate surface area is 111 Å². The van der Waals surface area contributed by atoms with Gasteiger partial charge < -0.3 is 10.4 Å². The van der Waals surface area contributed by atoms with E-state index in [-0.39, 0.29) is 17.9 Å². The fourth-order valence-corrected chi connectivity index (χ4v) is 1.93. The molecule has 1 atom stereocenters. The zero-order chi connectivity index (χ0) is 13.1. The second-order valence-electron chi connectivity index (χ2n) is 4.54. The quantitative estimate of drug-likeness (QED) is 0.835. The van der Waals surface area contributed by atoms with Gasteiger partial charge in [-0.25, -0.2) is 9.97 Å². The van der Waals surface area contributed by atoms with Crippen LogP contribution in [-0.2, 0) is 0 Å². The third-order valence-electron chi connectivity index (χ3n) is 2.90. The molecule has 0 unspecified atom stereocenters. The predicted molar refractivity (Wildman–Crippen MR) is 73.9 cm³/mol. The summed E-state index contributed by atoms with van der Waals surface area (Å²) in [6.07, 6.45) is 0. The molecule has 1 heterocycles. The third kappa shape index (κ3) is 2.71. The summed E-state index contributed by atoms with van der Waals surface area (Å²) in [6, 6.07) is 7.59. The highest BCUT2D eigenvalue weighted by molar-refractivity contribution is 6.28. The molecule has 0 saturated heterocycles. The minimum absolute atomic E-state index is 0.0492. The summed E-state index contributed by atoms with van der Waals surface area (Å²) in [5.41, 5.74) is 0.792. The summed E-state index contributed by atoms with van der Waals surface area (Å²) in [6.45, 7) is 4.13. The summed E-state index contributed by atoms with van der Waals surface area (Å²) in [4.78, 5) is 8.37. The number of nitrogens with zero attached hydrogens (tertiary/aromatic N) is 2. The molecule has 0 aliphatic heterocycles. The van der Waals surface area contributed by atoms with Crippen LogP contribution in [0.1, 0.15) is 13.8 Å². The standard InChI is InChI=1S/C13H16ClN3O/c1-8(2)11(7-18)15-12-9-5-3-4-6-10(9)16-13(14)17-12/h3-6,8,11,18H,7H2,1-2H3,(H,15,16,17)/t11-/m1/s1. The van der Waals surface area contributed by atoms with Crippen molar-refractivity contribution in [3.63, 3.8) is 0 Å². The highest BCUT2D eigenvalue weighted by Gasteiger charge is 2.14. The van der Waals surface area contributed by atoms with Crippen LogP contribution in [0.15, 0.2) is 24.3 Å². The van der Waals surface area contributed by atoms with Crippen molar-refractivity contribution >= 4 is 28.3 Å². The molecular weight excluding hydrogens is 250 g/mol. The highest BCUT2D eigenvalue weighted by atomic mass is 35.5. The molecule has 0 radical (unpaired) electrons. The Morgan fingerprint density at radius 3 is 2.67 bits per heavy atom. The van der Waals surface area contributed by atoms with Crippen LogP contribution < -0.4 is 5.32 Å². The molecule has 1 aromatic heterocycles. The number of anilines is 1. The summed E-state index contributed by atoms with van der Waals surface area (Å²) < 4.78 is 0. The van der Waals surface area contributed by atoms with Crippen molar-refractivity contribution in [1.82, 2.24) is 9.97 Å². The van der Waals surface area contributed by atoms with Gasteiger partial charge in [0.2, 0.25) is 5.28 Å². The molecule has 4 nitrogen and oxygen atoms in total. The highest BCUT2D eigenvalue weighted by Crippen LogP contribution is 2.23. The maximum absolute atomic E-state index is 9.36. The number of halogens is 1. The number of hydrogen-bond acceptors (Lipinski definition) is 4. The van der Waals surface area contributed by atoms with E-state index in [9.17, 15) is 5.11 Å². The molecule has 0 amide bonds. The number of aliphatic hydroxyl groups excluding tert-OH is 1. The first-order chi connectivity index (χ1) is 8.61. The molecule has 18 heavy (non-hydrogen) atoms. The van der Waals surface area contributed by atoms with E-state index in [0.717, 1.165) is 10.9 Å². The maximum atomic E-state index is 9.36. The van der Waals surface area contributed by atoms with E-state index in [1.807, 2.05) is 38.1 Å². The largest absolute Gasteiger partial charge is 0.394 e. The molecule has 2 rings (SSSR count). The monoisotopic (exact) mass is 265 g/mol. The van der Waals surface area contributed by atoms with E-state index < -0.39 is 0 Å². The fourth-order valence-electron chi connectivity index (χ4n) is 1.76. The molecule has 1 aromatic carbocycles. The first kappa shape index (κ1) is 13.1. The summed E-state index contributed by atoms with van der Waals surface area (Å²) in [5, 5.41) is 13.7. The lowest BCUT2D eigenvalue weighted by Crippen LogP contribution is -2.30. The molecule has 2 aromatic rings.